The van der Waals surface area contributed by atoms with E-state index in [0.29, 0.717) is 5.56 Å². The highest BCUT2D eigenvalue weighted by Gasteiger charge is 2.13. The van der Waals surface area contributed by atoms with Gasteiger partial charge in [0.15, 0.2) is 0 Å². The largest absolute Gasteiger partial charge is 0.393 e. The fourth-order valence-corrected chi connectivity index (χ4v) is 0.890. The van der Waals surface area contributed by atoms with Crippen LogP contribution < -0.4 is 5.73 Å². The van der Waals surface area contributed by atoms with E-state index in [9.17, 15) is 9.59 Å². The third-order valence-electron chi connectivity index (χ3n) is 1.70. The van der Waals surface area contributed by atoms with Crippen LogP contribution in [0.25, 0.3) is 0 Å². The average molecular weight is 216 g/mol. The lowest BCUT2D eigenvalue weighted by Gasteiger charge is -2.01. The number of carbonyl (C=O) groups excluding carboxylic acids is 2. The van der Waals surface area contributed by atoms with E-state index in [-0.39, 0.29) is 11.3 Å². The van der Waals surface area contributed by atoms with Crippen LogP contribution in [0.4, 0.5) is 0 Å². The van der Waals surface area contributed by atoms with Gasteiger partial charge in [0.05, 0.1) is 17.2 Å². The van der Waals surface area contributed by atoms with E-state index < -0.39 is 11.9 Å². The lowest BCUT2D eigenvalue weighted by atomic mass is 10.1. The van der Waals surface area contributed by atoms with Crippen molar-refractivity contribution in [3.05, 3.63) is 47.7 Å². The summed E-state index contributed by atoms with van der Waals surface area (Å²) in [5, 5.41) is 8.54. The van der Waals surface area contributed by atoms with Gasteiger partial charge >= 0.3 is 11.9 Å². The van der Waals surface area contributed by atoms with Gasteiger partial charge in [-0.2, -0.15) is 5.26 Å². The Morgan fingerprint density at radius 2 is 1.88 bits per heavy atom. The molecule has 0 aliphatic heterocycles. The molecule has 0 unspecified atom stereocenters. The SMILES string of the molecule is C=C(N)C(=O)OC(=O)c1ccc(C#N)cc1. The number of nitriles is 1. The van der Waals surface area contributed by atoms with Gasteiger partial charge in [0, 0.05) is 0 Å². The van der Waals surface area contributed by atoms with Gasteiger partial charge in [0.2, 0.25) is 0 Å². The molecule has 1 aromatic carbocycles. The molecule has 1 aromatic rings. The summed E-state index contributed by atoms with van der Waals surface area (Å²) in [5.74, 6) is -1.81. The molecule has 0 aliphatic rings. The van der Waals surface area contributed by atoms with Crippen LogP contribution in [0.15, 0.2) is 36.5 Å². The fourth-order valence-electron chi connectivity index (χ4n) is 0.890. The highest BCUT2D eigenvalue weighted by Crippen LogP contribution is 2.05. The minimum absolute atomic E-state index is 0.161. The quantitative estimate of drug-likeness (QED) is 0.446. The molecule has 1 rings (SSSR count). The summed E-state index contributed by atoms with van der Waals surface area (Å²) in [7, 11) is 0. The topological polar surface area (TPSA) is 93.2 Å². The second-order valence-electron chi connectivity index (χ2n) is 2.89. The monoisotopic (exact) mass is 216 g/mol. The van der Waals surface area contributed by atoms with Gasteiger partial charge in [-0.25, -0.2) is 9.59 Å². The van der Waals surface area contributed by atoms with Crippen LogP contribution in [-0.4, -0.2) is 11.9 Å². The molecule has 0 radical (unpaired) electrons. The second kappa shape index (κ2) is 4.75. The van der Waals surface area contributed by atoms with Crippen molar-refractivity contribution in [3.8, 4) is 6.07 Å². The molecule has 80 valence electrons. The molecule has 0 aliphatic carbocycles. The zero-order valence-electron chi connectivity index (χ0n) is 8.27. The van der Waals surface area contributed by atoms with Crippen molar-refractivity contribution < 1.29 is 14.3 Å². The van der Waals surface area contributed by atoms with E-state index in [4.69, 9.17) is 11.0 Å². The van der Waals surface area contributed by atoms with Crippen molar-refractivity contribution in [3.63, 3.8) is 0 Å². The zero-order valence-corrected chi connectivity index (χ0v) is 8.27. The molecule has 0 saturated carbocycles. The lowest BCUT2D eigenvalue weighted by Crippen LogP contribution is -2.18. The van der Waals surface area contributed by atoms with E-state index in [1.54, 1.807) is 0 Å². The highest BCUT2D eigenvalue weighted by atomic mass is 16.6. The fraction of sp³-hybridized carbons (Fsp3) is 0. The Morgan fingerprint density at radius 3 is 2.31 bits per heavy atom. The number of nitrogens with two attached hydrogens (primary N) is 1. The Hall–Kier alpha value is -2.61. The third-order valence-corrected chi connectivity index (χ3v) is 1.70. The second-order valence-corrected chi connectivity index (χ2v) is 2.89. The van der Waals surface area contributed by atoms with E-state index in [2.05, 4.69) is 11.3 Å². The number of benzene rings is 1. The summed E-state index contributed by atoms with van der Waals surface area (Å²) in [4.78, 5) is 22.3. The molecule has 0 atom stereocenters. The van der Waals surface area contributed by atoms with Crippen LogP contribution in [0.3, 0.4) is 0 Å². The van der Waals surface area contributed by atoms with Gasteiger partial charge in [0.1, 0.15) is 5.70 Å². The van der Waals surface area contributed by atoms with E-state index in [1.165, 1.54) is 24.3 Å². The molecule has 0 heterocycles. The normalized spacial score (nSPS) is 8.94. The molecule has 0 saturated heterocycles. The van der Waals surface area contributed by atoms with Crippen molar-refractivity contribution in [2.75, 3.05) is 0 Å². The molecule has 0 fully saturated rings. The molecule has 2 N–H and O–H groups in total. The Labute approximate surface area is 91.7 Å². The van der Waals surface area contributed by atoms with Crippen LogP contribution >= 0.6 is 0 Å². The number of nitrogens with zero attached hydrogens (tertiary/aromatic N) is 1. The first-order chi connectivity index (χ1) is 7.54. The summed E-state index contributed by atoms with van der Waals surface area (Å²) in [6.45, 7) is 3.14. The minimum Gasteiger partial charge on any atom is -0.393 e. The molecule has 0 aromatic heterocycles. The molecule has 0 spiro atoms. The average Bonchev–Trinajstić information content (AvgIpc) is 2.28. The van der Waals surface area contributed by atoms with Crippen LogP contribution in [0.2, 0.25) is 0 Å². The van der Waals surface area contributed by atoms with E-state index in [0.717, 1.165) is 0 Å². The Kier molecular flexibility index (Phi) is 3.41. The van der Waals surface area contributed by atoms with Gasteiger partial charge < -0.3 is 10.5 Å². The maximum absolute atomic E-state index is 11.3. The standard InChI is InChI=1S/C11H8N2O3/c1-7(13)10(14)16-11(15)9-4-2-8(6-12)3-5-9/h2-5H,1,13H2. The smallest absolute Gasteiger partial charge is 0.361 e. The van der Waals surface area contributed by atoms with Crippen molar-refractivity contribution in [1.82, 2.24) is 0 Å². The van der Waals surface area contributed by atoms with Crippen LogP contribution in [0.1, 0.15) is 15.9 Å². The Balaban J connectivity index is 2.78. The van der Waals surface area contributed by atoms with Crippen molar-refractivity contribution in [2.24, 2.45) is 5.73 Å². The Morgan fingerprint density at radius 1 is 1.31 bits per heavy atom. The molecule has 5 heteroatoms. The molecule has 16 heavy (non-hydrogen) atoms. The van der Waals surface area contributed by atoms with Gasteiger partial charge in [-0.05, 0) is 24.3 Å². The van der Waals surface area contributed by atoms with E-state index >= 15 is 0 Å². The maximum Gasteiger partial charge on any atom is 0.361 e. The van der Waals surface area contributed by atoms with Crippen LogP contribution in [0.5, 0.6) is 0 Å². The summed E-state index contributed by atoms with van der Waals surface area (Å²) in [6, 6.07) is 7.55. The molecule has 5 nitrogen and oxygen atoms in total. The number of ether oxygens (including phenoxy) is 1. The maximum atomic E-state index is 11.3. The van der Waals surface area contributed by atoms with Gasteiger partial charge in [-0.3, -0.25) is 0 Å². The summed E-state index contributed by atoms with van der Waals surface area (Å²) in [6.07, 6.45) is 0. The number of hydrogen-bond acceptors (Lipinski definition) is 5. The van der Waals surface area contributed by atoms with Gasteiger partial charge in [-0.15, -0.1) is 0 Å². The van der Waals surface area contributed by atoms with Gasteiger partial charge in [-0.1, -0.05) is 6.58 Å². The first kappa shape index (κ1) is 11.5. The molecule has 0 bridgehead atoms. The first-order valence-corrected chi connectivity index (χ1v) is 4.25. The number of esters is 2. The van der Waals surface area contributed by atoms with Crippen LogP contribution in [-0.2, 0) is 9.53 Å². The predicted molar refractivity (Wildman–Crippen MR) is 54.9 cm³/mol. The number of hydrogen-bond donors (Lipinski definition) is 1. The number of rotatable bonds is 2. The predicted octanol–water partition coefficient (Wildman–Crippen LogP) is 0.714. The lowest BCUT2D eigenvalue weighted by molar-refractivity contribution is -0.133. The van der Waals surface area contributed by atoms with Gasteiger partial charge in [0.25, 0.3) is 0 Å². The molecular formula is C11H8N2O3. The number of carbonyl (C=O) groups is 2. The summed E-state index contributed by atoms with van der Waals surface area (Å²) >= 11 is 0. The van der Waals surface area contributed by atoms with Crippen molar-refractivity contribution in [2.45, 2.75) is 0 Å². The summed E-state index contributed by atoms with van der Waals surface area (Å²) < 4.78 is 4.39. The summed E-state index contributed by atoms with van der Waals surface area (Å²) in [5.41, 5.74) is 5.27. The minimum atomic E-state index is -0.977. The Bertz CT molecular complexity index is 483. The molecule has 0 amide bonds. The first-order valence-electron chi connectivity index (χ1n) is 4.25. The van der Waals surface area contributed by atoms with E-state index in [1.807, 2.05) is 6.07 Å². The van der Waals surface area contributed by atoms with Crippen molar-refractivity contribution in [1.29, 1.82) is 5.26 Å². The van der Waals surface area contributed by atoms with Crippen LogP contribution in [0, 0.1) is 11.3 Å². The van der Waals surface area contributed by atoms with Crippen molar-refractivity contribution >= 4 is 11.9 Å². The zero-order chi connectivity index (χ0) is 12.1. The third kappa shape index (κ3) is 2.69. The highest BCUT2D eigenvalue weighted by molar-refractivity contribution is 6.01. The molecular weight excluding hydrogens is 208 g/mol.